The number of hydrogen-bond acceptors (Lipinski definition) is 0. The molecule has 0 atom stereocenters. The molecular weight excluding hydrogens is 108 g/mol. The van der Waals surface area contributed by atoms with Gasteiger partial charge in [-0.25, -0.2) is 0 Å². The van der Waals surface area contributed by atoms with Crippen LogP contribution in [0.4, 0.5) is 0 Å². The standard InChI is InChI=1S/C9H18/c1-5-9(6-2,7-3)8-4/h5H,1,6-8H2,2-4H3. The number of rotatable bonds is 4. The van der Waals surface area contributed by atoms with Crippen molar-refractivity contribution in [1.29, 1.82) is 0 Å². The van der Waals surface area contributed by atoms with E-state index in [1.807, 2.05) is 0 Å². The molecule has 54 valence electrons. The van der Waals surface area contributed by atoms with Gasteiger partial charge in [0.25, 0.3) is 0 Å². The summed E-state index contributed by atoms with van der Waals surface area (Å²) in [5.74, 6) is 0. The van der Waals surface area contributed by atoms with E-state index in [9.17, 15) is 0 Å². The van der Waals surface area contributed by atoms with Gasteiger partial charge in [-0.3, -0.25) is 0 Å². The topological polar surface area (TPSA) is 0 Å². The minimum absolute atomic E-state index is 0.431. The first-order chi connectivity index (χ1) is 4.24. The summed E-state index contributed by atoms with van der Waals surface area (Å²) in [5, 5.41) is 0. The quantitative estimate of drug-likeness (QED) is 0.506. The smallest absolute Gasteiger partial charge is 0.0129 e. The van der Waals surface area contributed by atoms with Gasteiger partial charge in [0.05, 0.1) is 0 Å². The molecule has 0 saturated heterocycles. The minimum atomic E-state index is 0.431. The maximum Gasteiger partial charge on any atom is -0.0129 e. The second-order valence-electron chi connectivity index (χ2n) is 2.63. The van der Waals surface area contributed by atoms with Gasteiger partial charge in [-0.05, 0) is 24.7 Å². The van der Waals surface area contributed by atoms with Crippen LogP contribution in [0.2, 0.25) is 0 Å². The van der Waals surface area contributed by atoms with Crippen LogP contribution in [0.15, 0.2) is 12.7 Å². The minimum Gasteiger partial charge on any atom is -0.103 e. The van der Waals surface area contributed by atoms with E-state index in [0.29, 0.717) is 5.41 Å². The molecule has 0 spiro atoms. The van der Waals surface area contributed by atoms with Crippen LogP contribution >= 0.6 is 0 Å². The normalized spacial score (nSPS) is 11.4. The molecular formula is C9H18. The number of hydrogen-bond donors (Lipinski definition) is 0. The second kappa shape index (κ2) is 3.71. The van der Waals surface area contributed by atoms with E-state index in [1.54, 1.807) is 0 Å². The first-order valence-electron chi connectivity index (χ1n) is 3.88. The fraction of sp³-hybridized carbons (Fsp3) is 0.778. The zero-order valence-corrected chi connectivity index (χ0v) is 6.91. The highest BCUT2D eigenvalue weighted by Gasteiger charge is 2.18. The average molecular weight is 126 g/mol. The Bertz CT molecular complexity index is 69.8. The summed E-state index contributed by atoms with van der Waals surface area (Å²) in [6.07, 6.45) is 5.78. The van der Waals surface area contributed by atoms with E-state index in [-0.39, 0.29) is 0 Å². The Morgan fingerprint density at radius 3 is 1.44 bits per heavy atom. The van der Waals surface area contributed by atoms with Gasteiger partial charge in [0.15, 0.2) is 0 Å². The van der Waals surface area contributed by atoms with E-state index in [0.717, 1.165) is 0 Å². The predicted molar refractivity (Wildman–Crippen MR) is 43.5 cm³/mol. The summed E-state index contributed by atoms with van der Waals surface area (Å²) in [6.45, 7) is 10.5. The Morgan fingerprint density at radius 2 is 1.44 bits per heavy atom. The molecule has 0 aromatic carbocycles. The molecule has 0 aromatic rings. The summed E-state index contributed by atoms with van der Waals surface area (Å²) in [7, 11) is 0. The first-order valence-corrected chi connectivity index (χ1v) is 3.88. The molecule has 0 N–H and O–H groups in total. The van der Waals surface area contributed by atoms with E-state index in [1.165, 1.54) is 19.3 Å². The molecule has 0 fully saturated rings. The van der Waals surface area contributed by atoms with Crippen molar-refractivity contribution in [2.45, 2.75) is 40.0 Å². The van der Waals surface area contributed by atoms with Crippen LogP contribution in [-0.2, 0) is 0 Å². The molecule has 9 heavy (non-hydrogen) atoms. The first kappa shape index (κ1) is 8.74. The van der Waals surface area contributed by atoms with Gasteiger partial charge in [-0.2, -0.15) is 0 Å². The third kappa shape index (κ3) is 1.85. The van der Waals surface area contributed by atoms with Crippen molar-refractivity contribution in [3.8, 4) is 0 Å². The molecule has 0 saturated carbocycles. The van der Waals surface area contributed by atoms with Crippen LogP contribution in [0, 0.1) is 5.41 Å². The van der Waals surface area contributed by atoms with Crippen molar-refractivity contribution >= 4 is 0 Å². The van der Waals surface area contributed by atoms with E-state index < -0.39 is 0 Å². The Morgan fingerprint density at radius 1 is 1.11 bits per heavy atom. The second-order valence-corrected chi connectivity index (χ2v) is 2.63. The van der Waals surface area contributed by atoms with Crippen molar-refractivity contribution in [3.05, 3.63) is 12.7 Å². The highest BCUT2D eigenvalue weighted by molar-refractivity contribution is 4.91. The Balaban J connectivity index is 3.98. The van der Waals surface area contributed by atoms with Gasteiger partial charge in [-0.15, -0.1) is 6.58 Å². The molecule has 0 rings (SSSR count). The van der Waals surface area contributed by atoms with Crippen LogP contribution in [-0.4, -0.2) is 0 Å². The maximum atomic E-state index is 3.85. The zero-order valence-electron chi connectivity index (χ0n) is 6.91. The van der Waals surface area contributed by atoms with E-state index >= 15 is 0 Å². The Labute approximate surface area is 59.0 Å². The van der Waals surface area contributed by atoms with Gasteiger partial charge < -0.3 is 0 Å². The fourth-order valence-corrected chi connectivity index (χ4v) is 1.18. The maximum absolute atomic E-state index is 3.85. The molecule has 0 aromatic heterocycles. The lowest BCUT2D eigenvalue weighted by Crippen LogP contribution is -2.12. The molecule has 0 heteroatoms. The van der Waals surface area contributed by atoms with Gasteiger partial charge in [0, 0.05) is 0 Å². The van der Waals surface area contributed by atoms with Crippen LogP contribution in [0.1, 0.15) is 40.0 Å². The van der Waals surface area contributed by atoms with Gasteiger partial charge in [0.2, 0.25) is 0 Å². The highest BCUT2D eigenvalue weighted by atomic mass is 14.2. The lowest BCUT2D eigenvalue weighted by Gasteiger charge is -2.25. The highest BCUT2D eigenvalue weighted by Crippen LogP contribution is 2.30. The monoisotopic (exact) mass is 126 g/mol. The predicted octanol–water partition coefficient (Wildman–Crippen LogP) is 3.39. The third-order valence-corrected chi connectivity index (χ3v) is 2.55. The molecule has 0 bridgehead atoms. The van der Waals surface area contributed by atoms with E-state index in [4.69, 9.17) is 0 Å². The molecule has 0 nitrogen and oxygen atoms in total. The average Bonchev–Trinajstić information content (AvgIpc) is 1.95. The van der Waals surface area contributed by atoms with Crippen LogP contribution in [0.5, 0.6) is 0 Å². The molecule has 0 unspecified atom stereocenters. The Hall–Kier alpha value is -0.260. The summed E-state index contributed by atoms with van der Waals surface area (Å²) in [6, 6.07) is 0. The van der Waals surface area contributed by atoms with Crippen molar-refractivity contribution < 1.29 is 0 Å². The Kier molecular flexibility index (Phi) is 3.60. The van der Waals surface area contributed by atoms with E-state index in [2.05, 4.69) is 33.4 Å². The van der Waals surface area contributed by atoms with Crippen LogP contribution < -0.4 is 0 Å². The van der Waals surface area contributed by atoms with Crippen LogP contribution in [0.3, 0.4) is 0 Å². The van der Waals surface area contributed by atoms with Crippen molar-refractivity contribution in [1.82, 2.24) is 0 Å². The third-order valence-electron chi connectivity index (χ3n) is 2.55. The van der Waals surface area contributed by atoms with Crippen molar-refractivity contribution in [2.24, 2.45) is 5.41 Å². The molecule has 0 aliphatic heterocycles. The van der Waals surface area contributed by atoms with Gasteiger partial charge in [-0.1, -0.05) is 26.8 Å². The van der Waals surface area contributed by atoms with Gasteiger partial charge in [0.1, 0.15) is 0 Å². The number of allylic oxidation sites excluding steroid dienone is 1. The lowest BCUT2D eigenvalue weighted by atomic mass is 9.80. The van der Waals surface area contributed by atoms with Crippen molar-refractivity contribution in [2.75, 3.05) is 0 Å². The molecule has 0 heterocycles. The van der Waals surface area contributed by atoms with Gasteiger partial charge >= 0.3 is 0 Å². The molecule has 0 aliphatic rings. The fourth-order valence-electron chi connectivity index (χ4n) is 1.18. The SMILES string of the molecule is C=CC(CC)(CC)CC. The lowest BCUT2D eigenvalue weighted by molar-refractivity contribution is 0.340. The van der Waals surface area contributed by atoms with Crippen molar-refractivity contribution in [3.63, 3.8) is 0 Å². The summed E-state index contributed by atoms with van der Waals surface area (Å²) in [5.41, 5.74) is 0.431. The zero-order chi connectivity index (χ0) is 7.33. The molecule has 0 aliphatic carbocycles. The molecule has 0 radical (unpaired) electrons. The van der Waals surface area contributed by atoms with Crippen LogP contribution in [0.25, 0.3) is 0 Å². The summed E-state index contributed by atoms with van der Waals surface area (Å²) >= 11 is 0. The summed E-state index contributed by atoms with van der Waals surface area (Å²) in [4.78, 5) is 0. The summed E-state index contributed by atoms with van der Waals surface area (Å²) < 4.78 is 0. The largest absolute Gasteiger partial charge is 0.103 e. The molecule has 0 amide bonds.